The Morgan fingerprint density at radius 1 is 1.64 bits per heavy atom. The number of hydrogen-bond donors (Lipinski definition) is 0. The summed E-state index contributed by atoms with van der Waals surface area (Å²) in [6.07, 6.45) is 0. The maximum Gasteiger partial charge on any atom is 0.244 e. The molecule has 0 saturated carbocycles. The third kappa shape index (κ3) is 1.40. The van der Waals surface area contributed by atoms with Gasteiger partial charge in [-0.1, -0.05) is 0 Å². The molecule has 1 aromatic rings. The van der Waals surface area contributed by atoms with Crippen LogP contribution in [0.1, 0.15) is 5.69 Å². The van der Waals surface area contributed by atoms with Crippen molar-refractivity contribution in [2.45, 2.75) is 6.92 Å². The summed E-state index contributed by atoms with van der Waals surface area (Å²) < 4.78 is 2.62. The maximum atomic E-state index is 11.3. The quantitative estimate of drug-likeness (QED) is 0.544. The van der Waals surface area contributed by atoms with Crippen molar-refractivity contribution >= 4 is 29.2 Å². The molecule has 0 bridgehead atoms. The predicted molar refractivity (Wildman–Crippen MR) is 52.3 cm³/mol. The Morgan fingerprint density at radius 2 is 2.18 bits per heavy atom. The molecule has 1 rings (SSSR count). The Morgan fingerprint density at radius 3 is 2.73 bits per heavy atom. The van der Waals surface area contributed by atoms with Crippen LogP contribution in [0.4, 0.5) is 0 Å². The molecule has 0 saturated heterocycles. The highest BCUT2D eigenvalue weighted by Crippen LogP contribution is 2.10. The van der Waals surface area contributed by atoms with E-state index in [9.17, 15) is 4.79 Å². The Balaban J connectivity index is 3.59. The van der Waals surface area contributed by atoms with E-state index in [1.54, 1.807) is 11.6 Å². The first-order valence-corrected chi connectivity index (χ1v) is 4.16. The fraction of sp³-hybridized carbons (Fsp3) is 0.286. The van der Waals surface area contributed by atoms with E-state index in [1.807, 2.05) is 20.8 Å². The molecule has 0 fully saturated rings. The van der Waals surface area contributed by atoms with Gasteiger partial charge in [-0.15, -0.1) is 0 Å². The summed E-state index contributed by atoms with van der Waals surface area (Å²) in [7, 11) is 3.59. The standard InChI is InChI=1S/C7H9BBrNO/c1-4-6(9)3-5(8)7(11)10(4)2/h3H,8H2,1-2H3. The van der Waals surface area contributed by atoms with Crippen LogP contribution >= 0.6 is 15.9 Å². The maximum absolute atomic E-state index is 11.3. The van der Waals surface area contributed by atoms with Crippen LogP contribution in [0.15, 0.2) is 15.3 Å². The summed E-state index contributed by atoms with van der Waals surface area (Å²) >= 11 is 3.37. The minimum Gasteiger partial charge on any atom is -0.315 e. The van der Waals surface area contributed by atoms with Crippen molar-refractivity contribution < 1.29 is 0 Å². The van der Waals surface area contributed by atoms with Crippen LogP contribution < -0.4 is 11.0 Å². The van der Waals surface area contributed by atoms with E-state index in [1.165, 1.54) is 0 Å². The molecule has 0 radical (unpaired) electrons. The lowest BCUT2D eigenvalue weighted by atomic mass is 9.98. The molecule has 11 heavy (non-hydrogen) atoms. The van der Waals surface area contributed by atoms with E-state index in [-0.39, 0.29) is 5.56 Å². The molecule has 0 aliphatic heterocycles. The molecule has 0 aliphatic carbocycles. The minimum absolute atomic E-state index is 0.0747. The van der Waals surface area contributed by atoms with Crippen LogP contribution in [0.2, 0.25) is 0 Å². The second kappa shape index (κ2) is 2.85. The molecule has 0 atom stereocenters. The lowest BCUT2D eigenvalue weighted by Crippen LogP contribution is -2.34. The molecular weight excluding hydrogens is 205 g/mol. The molecule has 0 aliphatic rings. The topological polar surface area (TPSA) is 22.0 Å². The predicted octanol–water partition coefficient (Wildman–Crippen LogP) is -0.285. The first kappa shape index (κ1) is 8.59. The monoisotopic (exact) mass is 213 g/mol. The highest BCUT2D eigenvalue weighted by atomic mass is 79.9. The lowest BCUT2D eigenvalue weighted by Gasteiger charge is -2.06. The summed E-state index contributed by atoms with van der Waals surface area (Å²) in [5.41, 5.74) is 1.80. The van der Waals surface area contributed by atoms with E-state index in [2.05, 4.69) is 15.9 Å². The largest absolute Gasteiger partial charge is 0.315 e. The van der Waals surface area contributed by atoms with Gasteiger partial charge in [-0.3, -0.25) is 4.79 Å². The second-order valence-electron chi connectivity index (χ2n) is 2.62. The Bertz CT molecular complexity index is 345. The smallest absolute Gasteiger partial charge is 0.244 e. The van der Waals surface area contributed by atoms with Crippen molar-refractivity contribution in [2.75, 3.05) is 0 Å². The van der Waals surface area contributed by atoms with E-state index in [0.29, 0.717) is 0 Å². The van der Waals surface area contributed by atoms with Crippen LogP contribution in [-0.4, -0.2) is 12.4 Å². The van der Waals surface area contributed by atoms with E-state index in [0.717, 1.165) is 15.6 Å². The van der Waals surface area contributed by atoms with Gasteiger partial charge in [0, 0.05) is 17.2 Å². The summed E-state index contributed by atoms with van der Waals surface area (Å²) in [5.74, 6) is 0. The fourth-order valence-corrected chi connectivity index (χ4v) is 1.54. The molecule has 0 amide bonds. The molecule has 2 nitrogen and oxygen atoms in total. The molecule has 1 heterocycles. The van der Waals surface area contributed by atoms with Gasteiger partial charge in [0.25, 0.3) is 0 Å². The molecule has 0 N–H and O–H groups in total. The van der Waals surface area contributed by atoms with Gasteiger partial charge in [0.15, 0.2) is 0 Å². The third-order valence-electron chi connectivity index (χ3n) is 1.83. The van der Waals surface area contributed by atoms with Gasteiger partial charge >= 0.3 is 0 Å². The van der Waals surface area contributed by atoms with Crippen LogP contribution in [0.5, 0.6) is 0 Å². The van der Waals surface area contributed by atoms with Crippen LogP contribution in [0.3, 0.4) is 0 Å². The van der Waals surface area contributed by atoms with Gasteiger partial charge in [-0.25, -0.2) is 0 Å². The van der Waals surface area contributed by atoms with E-state index in [4.69, 9.17) is 0 Å². The zero-order valence-electron chi connectivity index (χ0n) is 6.81. The number of rotatable bonds is 0. The molecule has 0 spiro atoms. The average Bonchev–Trinajstić information content (AvgIpc) is 1.97. The Hall–Kier alpha value is -0.505. The van der Waals surface area contributed by atoms with Crippen molar-refractivity contribution in [2.24, 2.45) is 7.05 Å². The van der Waals surface area contributed by atoms with E-state index >= 15 is 0 Å². The van der Waals surface area contributed by atoms with Crippen molar-refractivity contribution in [1.29, 1.82) is 0 Å². The molecule has 58 valence electrons. The minimum atomic E-state index is 0.0747. The normalized spacial score (nSPS) is 10.1. The number of pyridine rings is 1. The Labute approximate surface area is 74.8 Å². The van der Waals surface area contributed by atoms with Gasteiger partial charge in [0.05, 0.1) is 0 Å². The van der Waals surface area contributed by atoms with Crippen LogP contribution in [-0.2, 0) is 7.05 Å². The van der Waals surface area contributed by atoms with Crippen molar-refractivity contribution in [1.82, 2.24) is 4.57 Å². The molecule has 0 unspecified atom stereocenters. The summed E-state index contributed by atoms with van der Waals surface area (Å²) in [6.45, 7) is 1.91. The molecule has 1 aromatic heterocycles. The SMILES string of the molecule is Bc1cc(Br)c(C)n(C)c1=O. The van der Waals surface area contributed by atoms with Crippen molar-refractivity contribution in [3.8, 4) is 0 Å². The van der Waals surface area contributed by atoms with Gasteiger partial charge in [0.1, 0.15) is 7.85 Å². The van der Waals surface area contributed by atoms with Gasteiger partial charge in [-0.2, -0.15) is 0 Å². The van der Waals surface area contributed by atoms with E-state index < -0.39 is 0 Å². The second-order valence-corrected chi connectivity index (χ2v) is 3.48. The summed E-state index contributed by atoms with van der Waals surface area (Å²) in [4.78, 5) is 11.3. The zero-order chi connectivity index (χ0) is 8.59. The highest BCUT2D eigenvalue weighted by molar-refractivity contribution is 9.10. The molecular formula is C7H9BBrNO. The van der Waals surface area contributed by atoms with Gasteiger partial charge in [0.2, 0.25) is 5.56 Å². The Kier molecular flexibility index (Phi) is 2.23. The number of hydrogen-bond acceptors (Lipinski definition) is 1. The number of aromatic nitrogens is 1. The fourth-order valence-electron chi connectivity index (χ4n) is 0.933. The first-order chi connectivity index (χ1) is 5.04. The zero-order valence-corrected chi connectivity index (χ0v) is 8.40. The van der Waals surface area contributed by atoms with Crippen LogP contribution in [0, 0.1) is 6.92 Å². The number of halogens is 1. The average molecular weight is 214 g/mol. The third-order valence-corrected chi connectivity index (χ3v) is 2.64. The first-order valence-electron chi connectivity index (χ1n) is 3.36. The van der Waals surface area contributed by atoms with Gasteiger partial charge < -0.3 is 4.57 Å². The lowest BCUT2D eigenvalue weighted by molar-refractivity contribution is 0.819. The van der Waals surface area contributed by atoms with Gasteiger partial charge in [-0.05, 0) is 34.4 Å². The molecule has 4 heteroatoms. The van der Waals surface area contributed by atoms with Crippen molar-refractivity contribution in [3.05, 3.63) is 26.6 Å². The summed E-state index contributed by atoms with van der Waals surface area (Å²) in [5, 5.41) is 0. The van der Waals surface area contributed by atoms with Crippen molar-refractivity contribution in [3.63, 3.8) is 0 Å². The highest BCUT2D eigenvalue weighted by Gasteiger charge is 2.02. The molecule has 0 aromatic carbocycles. The number of nitrogens with zero attached hydrogens (tertiary/aromatic N) is 1. The van der Waals surface area contributed by atoms with Crippen LogP contribution in [0.25, 0.3) is 0 Å². The summed E-state index contributed by atoms with van der Waals surface area (Å²) in [6, 6.07) is 1.84.